The summed E-state index contributed by atoms with van der Waals surface area (Å²) in [6, 6.07) is 37.6. The van der Waals surface area contributed by atoms with E-state index < -0.39 is 31.0 Å². The standard InChI is InChI=1S/C34H28N6O5S.C7H6O4S/c1-35-22-10-16-27-29(18-22)39-32(37-27)20-6-12-24(13-7-20)45-25-14-8-21(9-15-25)33-38-28-17-11-23(19-30(28)40-33)36-34(41)26-4-2-3-5-31(26)46(42,43)44;8-5-6-3-1-2-4-7(6)12(9,10)11/h2-19,33,35,38,40H,1H3,(H,36,41)(H,37,39)(H,42,43,44);1-5H,(H,9,10,11). The molecule has 0 radical (unpaired) electrons. The van der Waals surface area contributed by atoms with E-state index >= 15 is 0 Å². The summed E-state index contributed by atoms with van der Waals surface area (Å²) in [5, 5.41) is 12.6. The minimum atomic E-state index is -4.56. The van der Waals surface area contributed by atoms with Gasteiger partial charge in [-0.05, 0) is 96.6 Å². The third-order valence-electron chi connectivity index (χ3n) is 8.96. The highest BCUT2D eigenvalue weighted by Gasteiger charge is 2.23. The lowest BCUT2D eigenvalue weighted by atomic mass is 10.1. The molecule has 1 amide bonds. The van der Waals surface area contributed by atoms with E-state index in [2.05, 4.69) is 26.3 Å². The lowest BCUT2D eigenvalue weighted by Crippen LogP contribution is -2.16. The molecule has 2 heterocycles. The van der Waals surface area contributed by atoms with Gasteiger partial charge >= 0.3 is 0 Å². The zero-order chi connectivity index (χ0) is 41.0. The van der Waals surface area contributed by atoms with Crippen molar-refractivity contribution in [3.8, 4) is 22.9 Å². The fraction of sp³-hybridized carbons (Fsp3) is 0.0488. The van der Waals surface area contributed by atoms with Crippen LogP contribution in [0.25, 0.3) is 22.4 Å². The molecule has 58 heavy (non-hydrogen) atoms. The number of imidazole rings is 1. The Balaban J connectivity index is 0.000000368. The maximum atomic E-state index is 12.8. The summed E-state index contributed by atoms with van der Waals surface area (Å²) in [6.07, 6.45) is 0.158. The van der Waals surface area contributed by atoms with E-state index in [9.17, 15) is 31.0 Å². The normalized spacial score (nSPS) is 13.3. The van der Waals surface area contributed by atoms with Crippen molar-refractivity contribution in [1.82, 2.24) is 9.97 Å². The van der Waals surface area contributed by atoms with Crippen LogP contribution in [-0.2, 0) is 20.2 Å². The molecule has 1 aliphatic rings. The predicted octanol–water partition coefficient (Wildman–Crippen LogP) is 7.84. The molecule has 7 aromatic rings. The van der Waals surface area contributed by atoms with Crippen molar-refractivity contribution in [2.24, 2.45) is 0 Å². The molecule has 0 fully saturated rings. The van der Waals surface area contributed by atoms with E-state index in [0.29, 0.717) is 23.5 Å². The molecule has 1 aromatic heterocycles. The third-order valence-corrected chi connectivity index (χ3v) is 10.8. The van der Waals surface area contributed by atoms with E-state index in [0.717, 1.165) is 45.0 Å². The van der Waals surface area contributed by atoms with Gasteiger partial charge in [-0.25, -0.2) is 4.98 Å². The molecule has 0 spiro atoms. The van der Waals surface area contributed by atoms with Crippen LogP contribution in [0.15, 0.2) is 143 Å². The first kappa shape index (κ1) is 39.2. The molecule has 0 saturated carbocycles. The number of nitrogens with one attached hydrogen (secondary N) is 5. The lowest BCUT2D eigenvalue weighted by molar-refractivity contribution is 0.102. The van der Waals surface area contributed by atoms with Crippen LogP contribution in [0.2, 0.25) is 0 Å². The van der Waals surface area contributed by atoms with Crippen LogP contribution in [0.3, 0.4) is 0 Å². The van der Waals surface area contributed by atoms with Gasteiger partial charge in [-0.15, -0.1) is 0 Å². The number of hydrogen-bond acceptors (Lipinski definition) is 11. The van der Waals surface area contributed by atoms with E-state index in [4.69, 9.17) is 14.3 Å². The largest absolute Gasteiger partial charge is 0.457 e. The van der Waals surface area contributed by atoms with Crippen molar-refractivity contribution in [1.29, 1.82) is 0 Å². The number of carbonyl (C=O) groups excluding carboxylic acids is 2. The SMILES string of the molecule is CNc1ccc2nc(-c3ccc(Oc4ccc(C5Nc6ccc(NC(=O)c7ccccc7S(=O)(=O)O)cc6N5)cc4)cc3)[nH]c2c1.O=Cc1ccccc1S(=O)(=O)O. The van der Waals surface area contributed by atoms with Gasteiger partial charge in [-0.3, -0.25) is 18.7 Å². The minimum Gasteiger partial charge on any atom is -0.457 e. The first-order valence-electron chi connectivity index (χ1n) is 17.4. The number of ether oxygens (including phenoxy) is 1. The summed E-state index contributed by atoms with van der Waals surface area (Å²) in [7, 11) is -6.95. The smallest absolute Gasteiger partial charge is 0.295 e. The number of H-pyrrole nitrogens is 1. The number of amides is 1. The van der Waals surface area contributed by atoms with E-state index in [1.807, 2.05) is 79.8 Å². The Labute approximate surface area is 332 Å². The highest BCUT2D eigenvalue weighted by Crippen LogP contribution is 2.38. The summed E-state index contributed by atoms with van der Waals surface area (Å²) >= 11 is 0. The molecule has 7 N–H and O–H groups in total. The second kappa shape index (κ2) is 16.2. The van der Waals surface area contributed by atoms with Crippen molar-refractivity contribution in [3.05, 3.63) is 150 Å². The van der Waals surface area contributed by atoms with E-state index in [1.54, 1.807) is 12.1 Å². The fourth-order valence-corrected chi connectivity index (χ4v) is 7.47. The fourth-order valence-electron chi connectivity index (χ4n) is 6.12. The lowest BCUT2D eigenvalue weighted by Gasteiger charge is -2.14. The van der Waals surface area contributed by atoms with Crippen molar-refractivity contribution < 1.29 is 40.3 Å². The Morgan fingerprint density at radius 2 is 1.34 bits per heavy atom. The van der Waals surface area contributed by atoms with Gasteiger partial charge in [0.05, 0.1) is 28.0 Å². The molecule has 6 aromatic carbocycles. The van der Waals surface area contributed by atoms with Crippen LogP contribution in [0, 0.1) is 0 Å². The van der Waals surface area contributed by atoms with Crippen LogP contribution < -0.4 is 26.0 Å². The Morgan fingerprint density at radius 3 is 2.00 bits per heavy atom. The Morgan fingerprint density at radius 1 is 0.724 bits per heavy atom. The summed E-state index contributed by atoms with van der Waals surface area (Å²) in [4.78, 5) is 30.4. The van der Waals surface area contributed by atoms with Gasteiger partial charge in [0.1, 0.15) is 33.3 Å². The van der Waals surface area contributed by atoms with Crippen LogP contribution in [0.5, 0.6) is 11.5 Å². The Hall–Kier alpha value is -7.05. The summed E-state index contributed by atoms with van der Waals surface area (Å²) in [5.74, 6) is 1.52. The van der Waals surface area contributed by atoms with Gasteiger partial charge in [0.2, 0.25) is 0 Å². The maximum Gasteiger partial charge on any atom is 0.295 e. The monoisotopic (exact) mass is 818 g/mol. The second-order valence-corrected chi connectivity index (χ2v) is 15.6. The number of rotatable bonds is 10. The number of hydrogen-bond donors (Lipinski definition) is 7. The summed E-state index contributed by atoms with van der Waals surface area (Å²) in [5.41, 5.74) is 6.67. The quantitative estimate of drug-likeness (QED) is 0.0516. The summed E-state index contributed by atoms with van der Waals surface area (Å²) in [6.45, 7) is 0. The maximum absolute atomic E-state index is 12.8. The van der Waals surface area contributed by atoms with Crippen molar-refractivity contribution >= 4 is 66.2 Å². The van der Waals surface area contributed by atoms with Crippen LogP contribution in [-0.4, -0.2) is 55.2 Å². The predicted molar refractivity (Wildman–Crippen MR) is 220 cm³/mol. The van der Waals surface area contributed by atoms with Gasteiger partial charge in [0.25, 0.3) is 26.1 Å². The molecule has 1 atom stereocenters. The summed E-state index contributed by atoms with van der Waals surface area (Å²) < 4.78 is 68.8. The average Bonchev–Trinajstić information content (AvgIpc) is 3.85. The number of aromatic amines is 1. The van der Waals surface area contributed by atoms with E-state index in [1.165, 1.54) is 48.5 Å². The van der Waals surface area contributed by atoms with Crippen LogP contribution >= 0.6 is 0 Å². The molecule has 0 bridgehead atoms. The molecule has 1 unspecified atom stereocenters. The number of nitrogens with zero attached hydrogens (tertiary/aromatic N) is 1. The number of aldehydes is 1. The molecular weight excluding hydrogens is 785 g/mol. The highest BCUT2D eigenvalue weighted by molar-refractivity contribution is 7.86. The van der Waals surface area contributed by atoms with Crippen LogP contribution in [0.4, 0.5) is 22.7 Å². The van der Waals surface area contributed by atoms with Crippen molar-refractivity contribution in [3.63, 3.8) is 0 Å². The molecule has 1 aliphatic heterocycles. The van der Waals surface area contributed by atoms with Gasteiger partial charge in [0, 0.05) is 29.5 Å². The number of fused-ring (bicyclic) bond motifs is 2. The van der Waals surface area contributed by atoms with Gasteiger partial charge in [-0.1, -0.05) is 42.5 Å². The highest BCUT2D eigenvalue weighted by atomic mass is 32.2. The first-order chi connectivity index (χ1) is 27.8. The van der Waals surface area contributed by atoms with Crippen molar-refractivity contribution in [2.75, 3.05) is 28.3 Å². The zero-order valence-corrected chi connectivity index (χ0v) is 32.0. The van der Waals surface area contributed by atoms with Gasteiger partial charge in [0.15, 0.2) is 6.29 Å². The molecule has 0 aliphatic carbocycles. The molecule has 17 heteroatoms. The Bertz CT molecular complexity index is 2880. The van der Waals surface area contributed by atoms with Crippen molar-refractivity contribution in [2.45, 2.75) is 16.0 Å². The number of anilines is 4. The zero-order valence-electron chi connectivity index (χ0n) is 30.4. The first-order valence-corrected chi connectivity index (χ1v) is 20.3. The number of benzene rings is 6. The van der Waals surface area contributed by atoms with Gasteiger partial charge < -0.3 is 31.0 Å². The number of aromatic nitrogens is 2. The van der Waals surface area contributed by atoms with Crippen LogP contribution in [0.1, 0.15) is 32.4 Å². The topological polar surface area (TPSA) is 229 Å². The third kappa shape index (κ3) is 8.82. The van der Waals surface area contributed by atoms with Gasteiger partial charge in [-0.2, -0.15) is 16.8 Å². The minimum absolute atomic E-state index is 0.0417. The molecule has 0 saturated heterocycles. The number of carbonyl (C=O) groups is 2. The average molecular weight is 819 g/mol. The van der Waals surface area contributed by atoms with E-state index in [-0.39, 0.29) is 22.2 Å². The Kier molecular flexibility index (Phi) is 10.9. The second-order valence-electron chi connectivity index (χ2n) is 12.8. The molecule has 294 valence electrons. The molecule has 8 rings (SSSR count). The molecular formula is C41H34N6O9S2. The molecule has 15 nitrogen and oxygen atoms in total.